The minimum absolute atomic E-state index is 0.0442. The van der Waals surface area contributed by atoms with Crippen LogP contribution < -0.4 is 10.2 Å². The van der Waals surface area contributed by atoms with E-state index >= 15 is 0 Å². The van der Waals surface area contributed by atoms with Gasteiger partial charge in [0.1, 0.15) is 5.75 Å². The molecule has 0 radical (unpaired) electrons. The first-order valence-electron chi connectivity index (χ1n) is 12.0. The Morgan fingerprint density at radius 2 is 1.74 bits per heavy atom. The summed E-state index contributed by atoms with van der Waals surface area (Å²) in [5.41, 5.74) is 3.72. The molecule has 4 aromatic rings. The molecule has 4 heterocycles. The molecule has 5 rings (SSSR count). The van der Waals surface area contributed by atoms with Gasteiger partial charge in [-0.05, 0) is 70.9 Å². The Balaban J connectivity index is 1.46. The SMILES string of the molecule is CN(c1ccc(-c2c(O)ccc3cc(-c4cn(C)cn4)cnc23)nn1)C1CC(C)(C)NC(C)(C)C1. The number of phenols is 1. The average molecular weight is 472 g/mol. The number of benzene rings is 1. The molecule has 0 bridgehead atoms. The number of nitrogens with zero attached hydrogens (tertiary/aromatic N) is 6. The highest BCUT2D eigenvalue weighted by molar-refractivity contribution is 5.97. The number of hydrogen-bond donors (Lipinski definition) is 2. The zero-order valence-corrected chi connectivity index (χ0v) is 21.2. The maximum absolute atomic E-state index is 10.7. The molecule has 1 aromatic carbocycles. The molecule has 0 atom stereocenters. The zero-order valence-electron chi connectivity index (χ0n) is 21.2. The topological polar surface area (TPSA) is 92.0 Å². The molecule has 0 saturated carbocycles. The predicted molar refractivity (Wildman–Crippen MR) is 139 cm³/mol. The number of hydrogen-bond acceptors (Lipinski definition) is 7. The number of pyridine rings is 1. The lowest BCUT2D eigenvalue weighted by atomic mass is 9.79. The molecular weight excluding hydrogens is 438 g/mol. The highest BCUT2D eigenvalue weighted by atomic mass is 16.3. The molecule has 1 fully saturated rings. The van der Waals surface area contributed by atoms with Gasteiger partial charge in [0.2, 0.25) is 0 Å². The van der Waals surface area contributed by atoms with Crippen molar-refractivity contribution in [3.63, 3.8) is 0 Å². The largest absolute Gasteiger partial charge is 0.507 e. The Hall–Kier alpha value is -3.52. The van der Waals surface area contributed by atoms with E-state index in [2.05, 4.69) is 65.1 Å². The summed E-state index contributed by atoms with van der Waals surface area (Å²) in [5.74, 6) is 0.949. The number of nitrogens with one attached hydrogen (secondary N) is 1. The zero-order chi connectivity index (χ0) is 25.0. The van der Waals surface area contributed by atoms with Crippen molar-refractivity contribution in [1.82, 2.24) is 30.0 Å². The minimum Gasteiger partial charge on any atom is -0.507 e. The number of piperidine rings is 1. The number of aromatic nitrogens is 5. The first kappa shape index (κ1) is 23.2. The maximum Gasteiger partial charge on any atom is 0.151 e. The first-order valence-corrected chi connectivity index (χ1v) is 12.0. The van der Waals surface area contributed by atoms with E-state index in [1.165, 1.54) is 0 Å². The van der Waals surface area contributed by atoms with Crippen molar-refractivity contribution < 1.29 is 5.11 Å². The quantitative estimate of drug-likeness (QED) is 0.451. The van der Waals surface area contributed by atoms with Gasteiger partial charge in [0, 0.05) is 54.6 Å². The van der Waals surface area contributed by atoms with Crippen molar-refractivity contribution in [2.75, 3.05) is 11.9 Å². The van der Waals surface area contributed by atoms with E-state index in [-0.39, 0.29) is 16.8 Å². The Morgan fingerprint density at radius 1 is 1.00 bits per heavy atom. The second-order valence-electron chi connectivity index (χ2n) is 11.0. The van der Waals surface area contributed by atoms with E-state index in [1.54, 1.807) is 18.6 Å². The van der Waals surface area contributed by atoms with Crippen LogP contribution in [-0.4, -0.2) is 54.0 Å². The van der Waals surface area contributed by atoms with E-state index in [1.807, 2.05) is 42.1 Å². The summed E-state index contributed by atoms with van der Waals surface area (Å²) in [6.07, 6.45) is 7.53. The third-order valence-corrected chi connectivity index (χ3v) is 6.82. The van der Waals surface area contributed by atoms with Gasteiger partial charge in [0.15, 0.2) is 5.82 Å². The fourth-order valence-corrected chi connectivity index (χ4v) is 5.52. The van der Waals surface area contributed by atoms with Crippen LogP contribution in [0.2, 0.25) is 0 Å². The third-order valence-electron chi connectivity index (χ3n) is 6.82. The average Bonchev–Trinajstić information content (AvgIpc) is 3.23. The molecule has 1 aliphatic heterocycles. The van der Waals surface area contributed by atoms with Crippen LogP contribution >= 0.6 is 0 Å². The van der Waals surface area contributed by atoms with Gasteiger partial charge in [0.25, 0.3) is 0 Å². The van der Waals surface area contributed by atoms with Gasteiger partial charge in [-0.1, -0.05) is 0 Å². The van der Waals surface area contributed by atoms with E-state index < -0.39 is 0 Å². The normalized spacial score (nSPS) is 17.5. The second kappa shape index (κ2) is 8.30. The number of fused-ring (bicyclic) bond motifs is 1. The second-order valence-corrected chi connectivity index (χ2v) is 11.0. The van der Waals surface area contributed by atoms with Crippen LogP contribution in [0, 0.1) is 0 Å². The van der Waals surface area contributed by atoms with Gasteiger partial charge in [-0.3, -0.25) is 4.98 Å². The van der Waals surface area contributed by atoms with Crippen molar-refractivity contribution in [1.29, 1.82) is 0 Å². The number of anilines is 1. The minimum atomic E-state index is 0.0442. The molecule has 3 aromatic heterocycles. The highest BCUT2D eigenvalue weighted by Crippen LogP contribution is 2.36. The Morgan fingerprint density at radius 3 is 2.37 bits per heavy atom. The lowest BCUT2D eigenvalue weighted by molar-refractivity contribution is 0.160. The summed E-state index contributed by atoms with van der Waals surface area (Å²) in [5, 5.41) is 24.4. The monoisotopic (exact) mass is 471 g/mol. The van der Waals surface area contributed by atoms with Crippen molar-refractivity contribution in [3.05, 3.63) is 49.1 Å². The van der Waals surface area contributed by atoms with Crippen LogP contribution in [0.4, 0.5) is 5.82 Å². The van der Waals surface area contributed by atoms with Gasteiger partial charge in [-0.15, -0.1) is 10.2 Å². The van der Waals surface area contributed by atoms with Gasteiger partial charge in [-0.2, -0.15) is 0 Å². The van der Waals surface area contributed by atoms with E-state index in [9.17, 15) is 5.11 Å². The molecular formula is C27H33N7O. The summed E-state index contributed by atoms with van der Waals surface area (Å²) in [7, 11) is 4.02. The summed E-state index contributed by atoms with van der Waals surface area (Å²) in [6.45, 7) is 9.00. The number of rotatable bonds is 4. The molecule has 0 spiro atoms. The Labute approximate surface area is 206 Å². The van der Waals surface area contributed by atoms with Crippen molar-refractivity contribution >= 4 is 16.7 Å². The number of imidazole rings is 1. The number of aromatic hydroxyl groups is 1. The smallest absolute Gasteiger partial charge is 0.151 e. The summed E-state index contributed by atoms with van der Waals surface area (Å²) in [4.78, 5) is 11.3. The predicted octanol–water partition coefficient (Wildman–Crippen LogP) is 4.54. The van der Waals surface area contributed by atoms with Crippen molar-refractivity contribution in [2.24, 2.45) is 7.05 Å². The molecule has 1 saturated heterocycles. The van der Waals surface area contributed by atoms with Crippen molar-refractivity contribution in [2.45, 2.75) is 57.7 Å². The fourth-order valence-electron chi connectivity index (χ4n) is 5.52. The van der Waals surface area contributed by atoms with Gasteiger partial charge < -0.3 is 19.9 Å². The molecule has 0 aliphatic carbocycles. The van der Waals surface area contributed by atoms with Crippen molar-refractivity contribution in [3.8, 4) is 28.3 Å². The number of phenolic OH excluding ortho intramolecular Hbond substituents is 1. The van der Waals surface area contributed by atoms with Crippen LogP contribution in [0.25, 0.3) is 33.4 Å². The molecule has 2 N–H and O–H groups in total. The van der Waals surface area contributed by atoms with Gasteiger partial charge in [-0.25, -0.2) is 4.98 Å². The van der Waals surface area contributed by atoms with E-state index in [4.69, 9.17) is 0 Å². The lowest BCUT2D eigenvalue weighted by Crippen LogP contribution is -2.62. The Kier molecular flexibility index (Phi) is 5.51. The molecule has 8 heteroatoms. The van der Waals surface area contributed by atoms with E-state index in [0.29, 0.717) is 22.8 Å². The highest BCUT2D eigenvalue weighted by Gasteiger charge is 2.39. The number of aryl methyl sites for hydroxylation is 1. The fraction of sp³-hybridized carbons (Fsp3) is 0.407. The van der Waals surface area contributed by atoms with Gasteiger partial charge >= 0.3 is 0 Å². The summed E-state index contributed by atoms with van der Waals surface area (Å²) >= 11 is 0. The maximum atomic E-state index is 10.7. The van der Waals surface area contributed by atoms with Gasteiger partial charge in [0.05, 0.1) is 28.8 Å². The van der Waals surface area contributed by atoms with Crippen LogP contribution in [0.1, 0.15) is 40.5 Å². The summed E-state index contributed by atoms with van der Waals surface area (Å²) in [6, 6.07) is 9.82. The lowest BCUT2D eigenvalue weighted by Gasteiger charge is -2.49. The molecule has 0 unspecified atom stereocenters. The van der Waals surface area contributed by atoms with Crippen LogP contribution in [0.5, 0.6) is 5.75 Å². The molecule has 0 amide bonds. The van der Waals surface area contributed by atoms with Crippen LogP contribution in [-0.2, 0) is 7.05 Å². The molecule has 35 heavy (non-hydrogen) atoms. The molecule has 8 nitrogen and oxygen atoms in total. The molecule has 1 aliphatic rings. The van der Waals surface area contributed by atoms with E-state index in [0.717, 1.165) is 35.3 Å². The van der Waals surface area contributed by atoms with Crippen LogP contribution in [0.15, 0.2) is 49.1 Å². The standard InChI is InChI=1S/C27H33N7O/c1-26(2)12-19(13-27(3,4)32-26)34(6)23-10-8-20(30-31-23)24-22(35)9-7-17-11-18(14-28-25(17)24)21-15-33(5)16-29-21/h7-11,14-16,19,32,35H,12-13H2,1-6H3. The first-order chi connectivity index (χ1) is 16.5. The Bertz CT molecular complexity index is 1360. The summed E-state index contributed by atoms with van der Waals surface area (Å²) < 4.78 is 1.90. The van der Waals surface area contributed by atoms with Crippen LogP contribution in [0.3, 0.4) is 0 Å². The molecule has 182 valence electrons. The third kappa shape index (κ3) is 4.58.